The van der Waals surface area contributed by atoms with Gasteiger partial charge in [-0.3, -0.25) is 0 Å². The molecule has 0 bridgehead atoms. The standard InChI is InChI=1S/C23H24N2O4S2/c1-15-12-13-30-20(15)21(31-18-11-7-6-10-17(18)24)19(22(26)28-2)25-23(27)29-14-16-8-4-3-5-9-16/h3-13,19,21H,14,24H2,1-2H3,(H,25,27)/t19-,21?/m0/s1. The van der Waals surface area contributed by atoms with Crippen LogP contribution in [0.4, 0.5) is 10.5 Å². The first-order valence-electron chi connectivity index (χ1n) is 9.59. The third kappa shape index (κ3) is 6.02. The quantitative estimate of drug-likeness (QED) is 0.283. The molecule has 0 radical (unpaired) electrons. The van der Waals surface area contributed by atoms with Gasteiger partial charge in [-0.25, -0.2) is 9.59 Å². The van der Waals surface area contributed by atoms with Crippen LogP contribution in [0, 0.1) is 6.92 Å². The lowest BCUT2D eigenvalue weighted by atomic mass is 10.1. The number of rotatable bonds is 8. The third-order valence-electron chi connectivity index (χ3n) is 4.58. The number of alkyl carbamates (subject to hydrolysis) is 1. The van der Waals surface area contributed by atoms with Crippen molar-refractivity contribution in [2.45, 2.75) is 29.7 Å². The number of nitrogen functional groups attached to an aromatic ring is 1. The molecule has 6 nitrogen and oxygen atoms in total. The maximum atomic E-state index is 12.7. The highest BCUT2D eigenvalue weighted by atomic mass is 32.2. The Morgan fingerprint density at radius 3 is 2.45 bits per heavy atom. The summed E-state index contributed by atoms with van der Waals surface area (Å²) >= 11 is 2.92. The number of nitrogens with two attached hydrogens (primary N) is 1. The average Bonchev–Trinajstić information content (AvgIpc) is 3.21. The van der Waals surface area contributed by atoms with Gasteiger partial charge in [0.15, 0.2) is 0 Å². The maximum Gasteiger partial charge on any atom is 0.408 e. The average molecular weight is 457 g/mol. The Balaban J connectivity index is 1.84. The summed E-state index contributed by atoms with van der Waals surface area (Å²) in [7, 11) is 1.30. The van der Waals surface area contributed by atoms with Crippen molar-refractivity contribution in [3.8, 4) is 0 Å². The Bertz CT molecular complexity index is 1020. The van der Waals surface area contributed by atoms with Gasteiger partial charge in [-0.2, -0.15) is 0 Å². The molecule has 1 aromatic heterocycles. The van der Waals surface area contributed by atoms with Crippen LogP contribution in [-0.4, -0.2) is 25.2 Å². The first-order valence-corrected chi connectivity index (χ1v) is 11.4. The van der Waals surface area contributed by atoms with Crippen LogP contribution >= 0.6 is 23.1 Å². The molecule has 1 amide bonds. The van der Waals surface area contributed by atoms with E-state index in [1.165, 1.54) is 30.2 Å². The molecule has 0 spiro atoms. The largest absolute Gasteiger partial charge is 0.467 e. The van der Waals surface area contributed by atoms with Gasteiger partial charge in [0.1, 0.15) is 12.6 Å². The number of anilines is 1. The van der Waals surface area contributed by atoms with E-state index in [2.05, 4.69) is 5.32 Å². The Labute approximate surface area is 189 Å². The molecule has 3 rings (SSSR count). The molecule has 31 heavy (non-hydrogen) atoms. The van der Waals surface area contributed by atoms with Crippen LogP contribution in [0.25, 0.3) is 0 Å². The maximum absolute atomic E-state index is 12.7. The predicted molar refractivity (Wildman–Crippen MR) is 124 cm³/mol. The monoisotopic (exact) mass is 456 g/mol. The van der Waals surface area contributed by atoms with Crippen LogP contribution in [-0.2, 0) is 20.9 Å². The number of amides is 1. The molecule has 162 valence electrons. The van der Waals surface area contributed by atoms with Crippen LogP contribution in [0.15, 0.2) is 70.9 Å². The number of methoxy groups -OCH3 is 1. The van der Waals surface area contributed by atoms with Gasteiger partial charge >= 0.3 is 12.1 Å². The zero-order valence-electron chi connectivity index (χ0n) is 17.2. The van der Waals surface area contributed by atoms with Gasteiger partial charge in [-0.1, -0.05) is 42.5 Å². The van der Waals surface area contributed by atoms with Gasteiger partial charge in [0.05, 0.1) is 12.4 Å². The van der Waals surface area contributed by atoms with Crippen molar-refractivity contribution < 1.29 is 19.1 Å². The summed E-state index contributed by atoms with van der Waals surface area (Å²) in [6.45, 7) is 2.07. The smallest absolute Gasteiger partial charge is 0.408 e. The molecule has 0 aliphatic heterocycles. The van der Waals surface area contributed by atoms with Gasteiger partial charge in [-0.05, 0) is 41.6 Å². The molecule has 1 unspecified atom stereocenters. The van der Waals surface area contributed by atoms with Crippen LogP contribution < -0.4 is 11.1 Å². The lowest BCUT2D eigenvalue weighted by Gasteiger charge is -2.26. The fourth-order valence-electron chi connectivity index (χ4n) is 2.95. The number of carbonyl (C=O) groups is 2. The highest BCUT2D eigenvalue weighted by Gasteiger charge is 2.35. The molecule has 0 fully saturated rings. The van der Waals surface area contributed by atoms with Crippen molar-refractivity contribution in [1.29, 1.82) is 0 Å². The normalized spacial score (nSPS) is 12.6. The summed E-state index contributed by atoms with van der Waals surface area (Å²) in [5.74, 6) is -0.559. The molecule has 8 heteroatoms. The van der Waals surface area contributed by atoms with Gasteiger partial charge in [-0.15, -0.1) is 23.1 Å². The van der Waals surface area contributed by atoms with E-state index >= 15 is 0 Å². The molecule has 0 saturated heterocycles. The van der Waals surface area contributed by atoms with Crippen molar-refractivity contribution in [2.24, 2.45) is 0 Å². The second-order valence-corrected chi connectivity index (χ2v) is 8.88. The van der Waals surface area contributed by atoms with Crippen molar-refractivity contribution in [3.63, 3.8) is 0 Å². The summed E-state index contributed by atoms with van der Waals surface area (Å²) < 4.78 is 10.4. The fourth-order valence-corrected chi connectivity index (χ4v) is 5.45. The van der Waals surface area contributed by atoms with E-state index in [0.29, 0.717) is 5.69 Å². The number of para-hydroxylation sites is 1. The number of hydrogen-bond donors (Lipinski definition) is 2. The van der Waals surface area contributed by atoms with E-state index in [1.54, 1.807) is 6.07 Å². The SMILES string of the molecule is COC(=O)[C@@H](NC(=O)OCc1ccccc1)C(Sc1ccccc1N)c1sccc1C. The Kier molecular flexibility index (Phi) is 7.97. The molecular weight excluding hydrogens is 432 g/mol. The van der Waals surface area contributed by atoms with Crippen molar-refractivity contribution in [3.05, 3.63) is 82.0 Å². The summed E-state index contributed by atoms with van der Waals surface area (Å²) in [6.07, 6.45) is -0.694. The minimum Gasteiger partial charge on any atom is -0.467 e. The lowest BCUT2D eigenvalue weighted by molar-refractivity contribution is -0.143. The van der Waals surface area contributed by atoms with E-state index in [9.17, 15) is 9.59 Å². The number of carbonyl (C=O) groups excluding carboxylic acids is 2. The summed E-state index contributed by atoms with van der Waals surface area (Å²) in [4.78, 5) is 27.0. The van der Waals surface area contributed by atoms with E-state index in [0.717, 1.165) is 20.9 Å². The van der Waals surface area contributed by atoms with Crippen molar-refractivity contribution >= 4 is 40.8 Å². The van der Waals surface area contributed by atoms with Gasteiger partial charge < -0.3 is 20.5 Å². The topological polar surface area (TPSA) is 90.6 Å². The Hall–Kier alpha value is -2.97. The number of esters is 1. The number of thiophene rings is 1. The first kappa shape index (κ1) is 22.7. The number of hydrogen-bond acceptors (Lipinski definition) is 7. The van der Waals surface area contributed by atoms with Gasteiger partial charge in [0, 0.05) is 15.5 Å². The zero-order valence-corrected chi connectivity index (χ0v) is 18.9. The summed E-state index contributed by atoms with van der Waals surface area (Å²) in [6, 6.07) is 17.8. The Morgan fingerprint density at radius 2 is 1.81 bits per heavy atom. The zero-order chi connectivity index (χ0) is 22.2. The Morgan fingerprint density at radius 1 is 1.10 bits per heavy atom. The number of thioether (sulfide) groups is 1. The molecule has 1 heterocycles. The van der Waals surface area contributed by atoms with Crippen molar-refractivity contribution in [2.75, 3.05) is 12.8 Å². The van der Waals surface area contributed by atoms with Gasteiger partial charge in [0.2, 0.25) is 0 Å². The van der Waals surface area contributed by atoms with Crippen LogP contribution in [0.1, 0.15) is 21.3 Å². The highest BCUT2D eigenvalue weighted by molar-refractivity contribution is 8.00. The van der Waals surface area contributed by atoms with E-state index < -0.39 is 23.4 Å². The molecule has 3 aromatic rings. The molecule has 0 aliphatic rings. The minimum absolute atomic E-state index is 0.0992. The van der Waals surface area contributed by atoms with Crippen LogP contribution in [0.3, 0.4) is 0 Å². The molecular formula is C23H24N2O4S2. The molecule has 0 aliphatic carbocycles. The first-order chi connectivity index (χ1) is 15.0. The molecule has 3 N–H and O–H groups in total. The number of aryl methyl sites for hydroxylation is 1. The predicted octanol–water partition coefficient (Wildman–Crippen LogP) is 4.94. The number of nitrogens with one attached hydrogen (secondary N) is 1. The van der Waals surface area contributed by atoms with Gasteiger partial charge in [0.25, 0.3) is 0 Å². The van der Waals surface area contributed by atoms with Crippen molar-refractivity contribution in [1.82, 2.24) is 5.32 Å². The number of ether oxygens (including phenoxy) is 2. The fraction of sp³-hybridized carbons (Fsp3) is 0.217. The van der Waals surface area contributed by atoms with E-state index in [-0.39, 0.29) is 6.61 Å². The highest BCUT2D eigenvalue weighted by Crippen LogP contribution is 2.43. The second-order valence-electron chi connectivity index (χ2n) is 6.75. The lowest BCUT2D eigenvalue weighted by Crippen LogP contribution is -2.45. The second kappa shape index (κ2) is 10.9. The van der Waals surface area contributed by atoms with Crippen LogP contribution in [0.2, 0.25) is 0 Å². The minimum atomic E-state index is -0.963. The van der Waals surface area contributed by atoms with E-state index in [4.69, 9.17) is 15.2 Å². The van der Waals surface area contributed by atoms with E-state index in [1.807, 2.05) is 66.9 Å². The molecule has 2 atom stereocenters. The molecule has 0 saturated carbocycles. The third-order valence-corrected chi connectivity index (χ3v) is 7.22. The van der Waals surface area contributed by atoms with Crippen LogP contribution in [0.5, 0.6) is 0 Å². The summed E-state index contributed by atoms with van der Waals surface area (Å²) in [5, 5.41) is 4.21. The number of benzene rings is 2. The molecule has 2 aromatic carbocycles. The summed E-state index contributed by atoms with van der Waals surface area (Å²) in [5.41, 5.74) is 8.61.